The van der Waals surface area contributed by atoms with Crippen molar-refractivity contribution in [3.05, 3.63) is 24.3 Å². The van der Waals surface area contributed by atoms with Crippen LogP contribution >= 0.6 is 11.5 Å². The van der Waals surface area contributed by atoms with E-state index < -0.39 is 0 Å². The highest BCUT2D eigenvalue weighted by Gasteiger charge is 2.08. The van der Waals surface area contributed by atoms with Gasteiger partial charge in [-0.25, -0.2) is 0 Å². The highest BCUT2D eigenvalue weighted by molar-refractivity contribution is 7.11. The third-order valence-corrected chi connectivity index (χ3v) is 3.51. The van der Waals surface area contributed by atoms with E-state index >= 15 is 0 Å². The van der Waals surface area contributed by atoms with Crippen molar-refractivity contribution in [1.82, 2.24) is 4.37 Å². The van der Waals surface area contributed by atoms with Crippen LogP contribution in [0, 0.1) is 0 Å². The predicted octanol–water partition coefficient (Wildman–Crippen LogP) is 3.90. The quantitative estimate of drug-likeness (QED) is 0.845. The monoisotopic (exact) mass is 220 g/mol. The Labute approximate surface area is 94.5 Å². The van der Waals surface area contributed by atoms with Crippen molar-refractivity contribution in [1.29, 1.82) is 0 Å². The molecule has 80 valence electrons. The lowest BCUT2D eigenvalue weighted by molar-refractivity contribution is 0.674. The number of rotatable bonds is 4. The molecule has 0 aliphatic rings. The van der Waals surface area contributed by atoms with Gasteiger partial charge in [0, 0.05) is 11.4 Å². The standard InChI is InChI=1S/C12H16N2S/c1-3-9(4-2)13-12-10-7-5-6-8-11(10)14-15-12/h5-9,13H,3-4H2,1-2H3. The number of hydrogen-bond donors (Lipinski definition) is 1. The molecule has 1 N–H and O–H groups in total. The molecule has 1 heterocycles. The third kappa shape index (κ3) is 2.12. The van der Waals surface area contributed by atoms with Crippen LogP contribution in [0.3, 0.4) is 0 Å². The molecule has 2 nitrogen and oxygen atoms in total. The molecule has 15 heavy (non-hydrogen) atoms. The molecule has 0 saturated heterocycles. The molecule has 0 amide bonds. The molecule has 0 aliphatic heterocycles. The van der Waals surface area contributed by atoms with E-state index in [1.807, 2.05) is 6.07 Å². The molecule has 0 atom stereocenters. The maximum atomic E-state index is 4.42. The van der Waals surface area contributed by atoms with Crippen LogP contribution in [0.2, 0.25) is 0 Å². The van der Waals surface area contributed by atoms with Crippen LogP contribution < -0.4 is 5.32 Å². The van der Waals surface area contributed by atoms with Gasteiger partial charge in [-0.2, -0.15) is 4.37 Å². The normalized spacial score (nSPS) is 11.1. The Hall–Kier alpha value is -1.09. The summed E-state index contributed by atoms with van der Waals surface area (Å²) in [6.45, 7) is 4.43. The Balaban J connectivity index is 2.28. The van der Waals surface area contributed by atoms with Gasteiger partial charge in [-0.05, 0) is 36.5 Å². The highest BCUT2D eigenvalue weighted by atomic mass is 32.1. The molecule has 2 aromatic rings. The number of anilines is 1. The molecule has 0 unspecified atom stereocenters. The first kappa shape index (κ1) is 10.4. The number of benzene rings is 1. The molecule has 2 rings (SSSR count). The van der Waals surface area contributed by atoms with Crippen LogP contribution in [-0.2, 0) is 0 Å². The first-order chi connectivity index (χ1) is 7.35. The second-order valence-electron chi connectivity index (χ2n) is 3.69. The SMILES string of the molecule is CCC(CC)Nc1snc2ccccc12. The van der Waals surface area contributed by atoms with Crippen molar-refractivity contribution in [2.45, 2.75) is 32.7 Å². The fraction of sp³-hybridized carbons (Fsp3) is 0.417. The molecule has 1 aromatic heterocycles. The lowest BCUT2D eigenvalue weighted by Gasteiger charge is -2.14. The van der Waals surface area contributed by atoms with Gasteiger partial charge in [0.15, 0.2) is 0 Å². The Bertz CT molecular complexity index is 432. The summed E-state index contributed by atoms with van der Waals surface area (Å²) in [4.78, 5) is 0. The minimum atomic E-state index is 0.564. The maximum Gasteiger partial charge on any atom is 0.117 e. The van der Waals surface area contributed by atoms with E-state index in [9.17, 15) is 0 Å². The Morgan fingerprint density at radius 2 is 2.00 bits per heavy atom. The fourth-order valence-electron chi connectivity index (χ4n) is 1.67. The second kappa shape index (κ2) is 4.62. The third-order valence-electron chi connectivity index (χ3n) is 2.70. The van der Waals surface area contributed by atoms with Gasteiger partial charge in [-0.1, -0.05) is 26.0 Å². The highest BCUT2D eigenvalue weighted by Crippen LogP contribution is 2.28. The summed E-state index contributed by atoms with van der Waals surface area (Å²) < 4.78 is 4.42. The van der Waals surface area contributed by atoms with Gasteiger partial charge in [-0.3, -0.25) is 0 Å². The lowest BCUT2D eigenvalue weighted by atomic mass is 10.1. The first-order valence-corrected chi connectivity index (χ1v) is 6.23. The zero-order valence-electron chi connectivity index (χ0n) is 9.16. The van der Waals surface area contributed by atoms with E-state index in [0.717, 1.165) is 18.4 Å². The van der Waals surface area contributed by atoms with Gasteiger partial charge in [0.1, 0.15) is 5.00 Å². The Kier molecular flexibility index (Phi) is 3.21. The summed E-state index contributed by atoms with van der Waals surface area (Å²) in [5, 5.41) is 6.01. The molecule has 0 bridgehead atoms. The van der Waals surface area contributed by atoms with Crippen molar-refractivity contribution in [3.8, 4) is 0 Å². The molecular formula is C12H16N2S. The number of fused-ring (bicyclic) bond motifs is 1. The summed E-state index contributed by atoms with van der Waals surface area (Å²) >= 11 is 1.56. The van der Waals surface area contributed by atoms with Crippen LogP contribution in [0.5, 0.6) is 0 Å². The summed E-state index contributed by atoms with van der Waals surface area (Å²) in [7, 11) is 0. The Morgan fingerprint density at radius 1 is 1.27 bits per heavy atom. The van der Waals surface area contributed by atoms with Crippen LogP contribution in [0.4, 0.5) is 5.00 Å². The van der Waals surface area contributed by atoms with E-state index in [0.29, 0.717) is 6.04 Å². The largest absolute Gasteiger partial charge is 0.372 e. The van der Waals surface area contributed by atoms with E-state index in [2.05, 4.69) is 41.7 Å². The minimum Gasteiger partial charge on any atom is -0.372 e. The van der Waals surface area contributed by atoms with Gasteiger partial charge in [0.2, 0.25) is 0 Å². The van der Waals surface area contributed by atoms with Crippen LogP contribution in [0.1, 0.15) is 26.7 Å². The van der Waals surface area contributed by atoms with E-state index in [-0.39, 0.29) is 0 Å². The molecule has 0 spiro atoms. The summed E-state index contributed by atoms with van der Waals surface area (Å²) in [6, 6.07) is 8.85. The lowest BCUT2D eigenvalue weighted by Crippen LogP contribution is -2.16. The zero-order valence-corrected chi connectivity index (χ0v) is 9.97. The molecule has 1 aromatic carbocycles. The smallest absolute Gasteiger partial charge is 0.117 e. The Morgan fingerprint density at radius 3 is 2.73 bits per heavy atom. The number of aromatic nitrogens is 1. The van der Waals surface area contributed by atoms with Gasteiger partial charge in [0.25, 0.3) is 0 Å². The number of nitrogens with zero attached hydrogens (tertiary/aromatic N) is 1. The summed E-state index contributed by atoms with van der Waals surface area (Å²) in [5.74, 6) is 0. The summed E-state index contributed by atoms with van der Waals surface area (Å²) in [5.41, 5.74) is 1.09. The topological polar surface area (TPSA) is 24.9 Å². The van der Waals surface area contributed by atoms with Gasteiger partial charge in [-0.15, -0.1) is 0 Å². The van der Waals surface area contributed by atoms with E-state index in [1.54, 1.807) is 11.5 Å². The van der Waals surface area contributed by atoms with Crippen molar-refractivity contribution in [3.63, 3.8) is 0 Å². The van der Waals surface area contributed by atoms with Crippen LogP contribution in [0.25, 0.3) is 10.9 Å². The second-order valence-corrected chi connectivity index (χ2v) is 4.46. The zero-order chi connectivity index (χ0) is 10.7. The molecule has 3 heteroatoms. The molecule has 0 fully saturated rings. The van der Waals surface area contributed by atoms with Gasteiger partial charge in [0.05, 0.1) is 5.52 Å². The van der Waals surface area contributed by atoms with Gasteiger partial charge >= 0.3 is 0 Å². The fourth-order valence-corrected chi connectivity index (χ4v) is 2.51. The molecule has 0 radical (unpaired) electrons. The number of nitrogens with one attached hydrogen (secondary N) is 1. The average molecular weight is 220 g/mol. The predicted molar refractivity (Wildman–Crippen MR) is 67.6 cm³/mol. The van der Waals surface area contributed by atoms with Gasteiger partial charge < -0.3 is 5.32 Å². The summed E-state index contributed by atoms with van der Waals surface area (Å²) in [6.07, 6.45) is 2.31. The first-order valence-electron chi connectivity index (χ1n) is 5.46. The number of hydrogen-bond acceptors (Lipinski definition) is 3. The molecule has 0 aliphatic carbocycles. The van der Waals surface area contributed by atoms with Crippen molar-refractivity contribution >= 4 is 27.4 Å². The van der Waals surface area contributed by atoms with Crippen molar-refractivity contribution in [2.75, 3.05) is 5.32 Å². The van der Waals surface area contributed by atoms with Crippen molar-refractivity contribution in [2.24, 2.45) is 0 Å². The molecule has 0 saturated carbocycles. The van der Waals surface area contributed by atoms with Crippen molar-refractivity contribution < 1.29 is 0 Å². The molecular weight excluding hydrogens is 204 g/mol. The maximum absolute atomic E-state index is 4.42. The average Bonchev–Trinajstić information content (AvgIpc) is 2.69. The van der Waals surface area contributed by atoms with Crippen LogP contribution in [0.15, 0.2) is 24.3 Å². The van der Waals surface area contributed by atoms with E-state index in [1.165, 1.54) is 10.4 Å². The van der Waals surface area contributed by atoms with Crippen LogP contribution in [-0.4, -0.2) is 10.4 Å². The van der Waals surface area contributed by atoms with E-state index in [4.69, 9.17) is 0 Å². The minimum absolute atomic E-state index is 0.564.